The molecule has 0 aromatic rings. The van der Waals surface area contributed by atoms with Crippen molar-refractivity contribution in [3.05, 3.63) is 109 Å². The van der Waals surface area contributed by atoms with Crippen LogP contribution in [-0.2, 0) is 28.6 Å². The van der Waals surface area contributed by atoms with E-state index in [-0.39, 0.29) is 31.1 Å². The molecule has 470 valence electrons. The summed E-state index contributed by atoms with van der Waals surface area (Å²) in [6.07, 6.45) is 95.2. The van der Waals surface area contributed by atoms with Crippen LogP contribution in [0.5, 0.6) is 0 Å². The highest BCUT2D eigenvalue weighted by Crippen LogP contribution is 2.17. The average molecular weight is 1140 g/mol. The minimum Gasteiger partial charge on any atom is -0.462 e. The van der Waals surface area contributed by atoms with Crippen molar-refractivity contribution in [1.82, 2.24) is 0 Å². The summed E-state index contributed by atoms with van der Waals surface area (Å²) >= 11 is 0. The minimum absolute atomic E-state index is 0.0838. The maximum absolute atomic E-state index is 13.0. The zero-order chi connectivity index (χ0) is 59.2. The lowest BCUT2D eigenvalue weighted by molar-refractivity contribution is -0.167. The van der Waals surface area contributed by atoms with Gasteiger partial charge >= 0.3 is 17.9 Å². The molecule has 82 heavy (non-hydrogen) atoms. The van der Waals surface area contributed by atoms with Crippen LogP contribution in [0.25, 0.3) is 0 Å². The Balaban J connectivity index is 4.39. The SMILES string of the molecule is CC/C=C\C/C=C\C/C=C\C/C=C\C/C=C\C/C=C\CCCCCCCCCCC(=O)OCC(COC(=O)CCCCCCCCCCCCCCCCCCCC)OC(=O)CCCCCCCC/C=C\C/C=C\C/C=C\CCCCC. The predicted molar refractivity (Wildman–Crippen MR) is 357 cm³/mol. The highest BCUT2D eigenvalue weighted by atomic mass is 16.6. The number of hydrogen-bond donors (Lipinski definition) is 0. The van der Waals surface area contributed by atoms with Crippen LogP contribution >= 0.6 is 0 Å². The molecule has 1 atom stereocenters. The van der Waals surface area contributed by atoms with Gasteiger partial charge in [0.2, 0.25) is 0 Å². The quantitative estimate of drug-likeness (QED) is 0.0261. The van der Waals surface area contributed by atoms with E-state index in [1.54, 1.807) is 0 Å². The van der Waals surface area contributed by atoms with Crippen molar-refractivity contribution in [3.8, 4) is 0 Å². The van der Waals surface area contributed by atoms with Gasteiger partial charge < -0.3 is 14.2 Å². The summed E-state index contributed by atoms with van der Waals surface area (Å²) in [5, 5.41) is 0. The molecular weight excluding hydrogens is 1010 g/mol. The number of allylic oxidation sites excluding steroid dienone is 18. The first-order valence-electron chi connectivity index (χ1n) is 34.9. The van der Waals surface area contributed by atoms with Gasteiger partial charge in [0, 0.05) is 19.3 Å². The molecule has 0 aliphatic heterocycles. The molecular formula is C76H130O6. The van der Waals surface area contributed by atoms with E-state index in [9.17, 15) is 14.4 Å². The molecule has 0 aliphatic rings. The van der Waals surface area contributed by atoms with Crippen molar-refractivity contribution in [1.29, 1.82) is 0 Å². The molecule has 0 aromatic heterocycles. The second-order valence-electron chi connectivity index (χ2n) is 23.1. The maximum Gasteiger partial charge on any atom is 0.306 e. The van der Waals surface area contributed by atoms with Crippen molar-refractivity contribution in [2.45, 2.75) is 341 Å². The van der Waals surface area contributed by atoms with Gasteiger partial charge in [-0.2, -0.15) is 0 Å². The zero-order valence-electron chi connectivity index (χ0n) is 54.0. The Bertz CT molecular complexity index is 1640. The number of carbonyl (C=O) groups excluding carboxylic acids is 3. The number of carbonyl (C=O) groups is 3. The fraction of sp³-hybridized carbons (Fsp3) is 0.724. The molecule has 0 saturated heterocycles. The monoisotopic (exact) mass is 1140 g/mol. The van der Waals surface area contributed by atoms with Crippen molar-refractivity contribution < 1.29 is 28.6 Å². The summed E-state index contributed by atoms with van der Waals surface area (Å²) in [6.45, 7) is 6.52. The standard InChI is InChI=1S/C76H130O6/c1-4-7-10-13-16-19-22-25-28-31-34-35-36-37-38-39-40-41-43-45-48-51-54-57-60-63-66-69-75(78)81-72-73(71-80-74(77)68-65-62-59-56-53-50-47-44-33-30-27-24-21-18-15-12-9-6-3)82-76(79)70-67-64-61-58-55-52-49-46-42-32-29-26-23-20-17-14-11-8-5-2/h7,10,16-17,19-20,25-26,28-29,34-35,37-38,40-42,46,73H,4-6,8-9,11-15,18,21-24,27,30-33,36,39,43-45,47-72H2,1-3H3/b10-7-,19-16-,20-17-,28-25-,29-26-,35-34-,38-37-,41-40-,46-42-. The fourth-order valence-electron chi connectivity index (χ4n) is 9.81. The Morgan fingerprint density at radius 2 is 0.476 bits per heavy atom. The molecule has 1 unspecified atom stereocenters. The molecule has 0 saturated carbocycles. The van der Waals surface area contributed by atoms with E-state index in [4.69, 9.17) is 14.2 Å². The van der Waals surface area contributed by atoms with Crippen LogP contribution in [0.15, 0.2) is 109 Å². The van der Waals surface area contributed by atoms with Gasteiger partial charge in [-0.1, -0.05) is 316 Å². The number of rotatable bonds is 63. The fourth-order valence-corrected chi connectivity index (χ4v) is 9.81. The first-order chi connectivity index (χ1) is 40.5. The van der Waals surface area contributed by atoms with Crippen LogP contribution in [0.2, 0.25) is 0 Å². The van der Waals surface area contributed by atoms with E-state index in [0.29, 0.717) is 19.3 Å². The second kappa shape index (κ2) is 69.6. The zero-order valence-corrected chi connectivity index (χ0v) is 54.0. The van der Waals surface area contributed by atoms with Gasteiger partial charge in [-0.25, -0.2) is 0 Å². The second-order valence-corrected chi connectivity index (χ2v) is 23.1. The van der Waals surface area contributed by atoms with E-state index < -0.39 is 6.10 Å². The Hall–Kier alpha value is -3.93. The Labute approximate surface area is 508 Å². The van der Waals surface area contributed by atoms with E-state index in [0.717, 1.165) is 128 Å². The summed E-state index contributed by atoms with van der Waals surface area (Å²) in [4.78, 5) is 38.5. The van der Waals surface area contributed by atoms with Crippen LogP contribution < -0.4 is 0 Å². The van der Waals surface area contributed by atoms with Crippen LogP contribution in [0.4, 0.5) is 0 Å². The van der Waals surface area contributed by atoms with Crippen LogP contribution in [0.1, 0.15) is 335 Å². The van der Waals surface area contributed by atoms with Crippen molar-refractivity contribution in [3.63, 3.8) is 0 Å². The first-order valence-corrected chi connectivity index (χ1v) is 34.9. The molecule has 0 rings (SSSR count). The van der Waals surface area contributed by atoms with Gasteiger partial charge in [0.25, 0.3) is 0 Å². The molecule has 0 N–H and O–H groups in total. The summed E-state index contributed by atoms with van der Waals surface area (Å²) < 4.78 is 17.0. The van der Waals surface area contributed by atoms with Crippen LogP contribution in [-0.4, -0.2) is 37.2 Å². The summed E-state index contributed by atoms with van der Waals surface area (Å²) in [6, 6.07) is 0. The molecule has 6 heteroatoms. The van der Waals surface area contributed by atoms with Gasteiger partial charge in [0.05, 0.1) is 0 Å². The maximum atomic E-state index is 13.0. The summed E-state index contributed by atoms with van der Waals surface area (Å²) in [5.74, 6) is -0.890. The third-order valence-corrected chi connectivity index (χ3v) is 15.0. The van der Waals surface area contributed by atoms with E-state index in [2.05, 4.69) is 130 Å². The number of esters is 3. The number of unbranched alkanes of at least 4 members (excludes halogenated alkanes) is 34. The van der Waals surface area contributed by atoms with E-state index in [1.807, 2.05) is 0 Å². The van der Waals surface area contributed by atoms with Gasteiger partial charge in [-0.15, -0.1) is 0 Å². The summed E-state index contributed by atoms with van der Waals surface area (Å²) in [7, 11) is 0. The van der Waals surface area contributed by atoms with Crippen molar-refractivity contribution in [2.75, 3.05) is 13.2 Å². The molecule has 0 aromatic carbocycles. The number of ether oxygens (including phenoxy) is 3. The molecule has 0 amide bonds. The topological polar surface area (TPSA) is 78.9 Å². The molecule has 0 heterocycles. The smallest absolute Gasteiger partial charge is 0.306 e. The highest BCUT2D eigenvalue weighted by Gasteiger charge is 2.19. The molecule has 0 radical (unpaired) electrons. The molecule has 0 aliphatic carbocycles. The van der Waals surface area contributed by atoms with Crippen molar-refractivity contribution in [2.24, 2.45) is 0 Å². The molecule has 6 nitrogen and oxygen atoms in total. The molecule has 0 fully saturated rings. The lowest BCUT2D eigenvalue weighted by Gasteiger charge is -2.18. The van der Waals surface area contributed by atoms with Crippen molar-refractivity contribution >= 4 is 17.9 Å². The largest absolute Gasteiger partial charge is 0.462 e. The minimum atomic E-state index is -0.791. The molecule has 0 spiro atoms. The van der Waals surface area contributed by atoms with Crippen LogP contribution in [0, 0.1) is 0 Å². The van der Waals surface area contributed by atoms with Crippen LogP contribution in [0.3, 0.4) is 0 Å². The normalized spacial score (nSPS) is 12.8. The third-order valence-electron chi connectivity index (χ3n) is 15.0. The van der Waals surface area contributed by atoms with Gasteiger partial charge in [-0.3, -0.25) is 14.4 Å². The Kier molecular flexibility index (Phi) is 66.2. The van der Waals surface area contributed by atoms with Gasteiger partial charge in [-0.05, 0) is 109 Å². The first kappa shape index (κ1) is 78.1. The lowest BCUT2D eigenvalue weighted by Crippen LogP contribution is -2.30. The van der Waals surface area contributed by atoms with Gasteiger partial charge in [0.15, 0.2) is 6.10 Å². The lowest BCUT2D eigenvalue weighted by atomic mass is 10.0. The van der Waals surface area contributed by atoms with E-state index >= 15 is 0 Å². The predicted octanol–water partition coefficient (Wildman–Crippen LogP) is 24.2. The average Bonchev–Trinajstić information content (AvgIpc) is 3.47. The van der Waals surface area contributed by atoms with E-state index in [1.165, 1.54) is 167 Å². The Morgan fingerprint density at radius 3 is 0.768 bits per heavy atom. The summed E-state index contributed by atoms with van der Waals surface area (Å²) in [5.41, 5.74) is 0. The third kappa shape index (κ3) is 66.9. The highest BCUT2D eigenvalue weighted by molar-refractivity contribution is 5.71. The van der Waals surface area contributed by atoms with Gasteiger partial charge in [0.1, 0.15) is 13.2 Å². The Morgan fingerprint density at radius 1 is 0.256 bits per heavy atom. The number of hydrogen-bond acceptors (Lipinski definition) is 6. The molecule has 0 bridgehead atoms.